The van der Waals surface area contributed by atoms with Gasteiger partial charge in [-0.2, -0.15) is 5.10 Å². The van der Waals surface area contributed by atoms with Crippen LogP contribution >= 0.6 is 0 Å². The van der Waals surface area contributed by atoms with Gasteiger partial charge in [0.25, 0.3) is 5.91 Å². The first-order valence-corrected chi connectivity index (χ1v) is 8.66. The van der Waals surface area contributed by atoms with Gasteiger partial charge in [0.1, 0.15) is 30.2 Å². The van der Waals surface area contributed by atoms with Gasteiger partial charge >= 0.3 is 0 Å². The van der Waals surface area contributed by atoms with Crippen molar-refractivity contribution in [3.05, 3.63) is 36.3 Å². The van der Waals surface area contributed by atoms with Gasteiger partial charge in [0, 0.05) is 17.8 Å². The molecule has 27 heavy (non-hydrogen) atoms. The second-order valence-corrected chi connectivity index (χ2v) is 6.46. The average Bonchev–Trinajstić information content (AvgIpc) is 3.26. The molecule has 1 aliphatic heterocycles. The second-order valence-electron chi connectivity index (χ2n) is 6.46. The van der Waals surface area contributed by atoms with Crippen molar-refractivity contribution in [3.63, 3.8) is 0 Å². The molecule has 1 amide bonds. The highest BCUT2D eigenvalue weighted by Gasteiger charge is 2.22. The SMILES string of the molecule is CONC(=O)c1ccc2c(c1)OCCn1cc(-c3ncnn3C(C)C)nc1-2. The molecule has 1 aromatic carbocycles. The third-order valence-corrected chi connectivity index (χ3v) is 4.34. The van der Waals surface area contributed by atoms with Crippen LogP contribution in [0.3, 0.4) is 0 Å². The Labute approximate surface area is 155 Å². The number of hydrogen-bond acceptors (Lipinski definition) is 6. The van der Waals surface area contributed by atoms with Crippen LogP contribution in [0.4, 0.5) is 0 Å². The van der Waals surface area contributed by atoms with E-state index in [1.807, 2.05) is 21.5 Å². The zero-order valence-corrected chi connectivity index (χ0v) is 15.3. The van der Waals surface area contributed by atoms with E-state index < -0.39 is 0 Å². The number of aromatic nitrogens is 5. The van der Waals surface area contributed by atoms with Gasteiger partial charge in [-0.25, -0.2) is 20.1 Å². The molecule has 0 radical (unpaired) electrons. The second kappa shape index (κ2) is 6.84. The van der Waals surface area contributed by atoms with Gasteiger partial charge in [0.2, 0.25) is 0 Å². The molecule has 0 aliphatic carbocycles. The number of nitrogens with zero attached hydrogens (tertiary/aromatic N) is 5. The fourth-order valence-electron chi connectivity index (χ4n) is 3.09. The maximum Gasteiger partial charge on any atom is 0.274 e. The Morgan fingerprint density at radius 1 is 1.33 bits per heavy atom. The summed E-state index contributed by atoms with van der Waals surface area (Å²) in [5, 5.41) is 4.28. The summed E-state index contributed by atoms with van der Waals surface area (Å²) < 4.78 is 9.72. The van der Waals surface area contributed by atoms with E-state index in [1.54, 1.807) is 12.1 Å². The largest absolute Gasteiger partial charge is 0.491 e. The van der Waals surface area contributed by atoms with Gasteiger partial charge < -0.3 is 9.30 Å². The van der Waals surface area contributed by atoms with E-state index in [0.29, 0.717) is 24.5 Å². The summed E-state index contributed by atoms with van der Waals surface area (Å²) in [5.41, 5.74) is 4.34. The number of carbonyl (C=O) groups excluding carboxylic acids is 1. The molecule has 1 aliphatic rings. The predicted octanol–water partition coefficient (Wildman–Crippen LogP) is 2.07. The number of nitrogens with one attached hydrogen (secondary N) is 1. The fourth-order valence-corrected chi connectivity index (χ4v) is 3.09. The first kappa shape index (κ1) is 17.2. The van der Waals surface area contributed by atoms with Crippen LogP contribution in [0.25, 0.3) is 22.9 Å². The van der Waals surface area contributed by atoms with Crippen molar-refractivity contribution in [2.75, 3.05) is 13.7 Å². The van der Waals surface area contributed by atoms with Crippen molar-refractivity contribution in [2.45, 2.75) is 26.4 Å². The zero-order chi connectivity index (χ0) is 19.0. The highest BCUT2D eigenvalue weighted by molar-refractivity contribution is 5.94. The lowest BCUT2D eigenvalue weighted by atomic mass is 10.1. The van der Waals surface area contributed by atoms with E-state index in [9.17, 15) is 4.79 Å². The van der Waals surface area contributed by atoms with E-state index in [0.717, 1.165) is 22.9 Å². The Balaban J connectivity index is 1.77. The predicted molar refractivity (Wildman–Crippen MR) is 97.0 cm³/mol. The molecular weight excluding hydrogens is 348 g/mol. The van der Waals surface area contributed by atoms with Crippen LogP contribution < -0.4 is 10.2 Å². The maximum absolute atomic E-state index is 12.0. The number of fused-ring (bicyclic) bond motifs is 3. The van der Waals surface area contributed by atoms with Crippen LogP contribution in [0, 0.1) is 0 Å². The van der Waals surface area contributed by atoms with Crippen molar-refractivity contribution in [1.29, 1.82) is 0 Å². The highest BCUT2D eigenvalue weighted by atomic mass is 16.6. The van der Waals surface area contributed by atoms with E-state index >= 15 is 0 Å². The maximum atomic E-state index is 12.0. The monoisotopic (exact) mass is 368 g/mol. The molecule has 4 rings (SSSR count). The summed E-state index contributed by atoms with van der Waals surface area (Å²) in [7, 11) is 1.39. The van der Waals surface area contributed by atoms with E-state index in [-0.39, 0.29) is 11.9 Å². The minimum absolute atomic E-state index is 0.182. The van der Waals surface area contributed by atoms with E-state index in [4.69, 9.17) is 9.72 Å². The normalized spacial score (nSPS) is 12.9. The Morgan fingerprint density at radius 3 is 2.96 bits per heavy atom. The highest BCUT2D eigenvalue weighted by Crippen LogP contribution is 2.34. The molecule has 0 atom stereocenters. The molecular formula is C18H20N6O3. The Hall–Kier alpha value is -3.20. The van der Waals surface area contributed by atoms with Crippen molar-refractivity contribution >= 4 is 5.91 Å². The number of amides is 1. The Morgan fingerprint density at radius 2 is 2.19 bits per heavy atom. The van der Waals surface area contributed by atoms with Crippen LogP contribution in [-0.4, -0.2) is 43.9 Å². The molecule has 2 aromatic heterocycles. The summed E-state index contributed by atoms with van der Waals surface area (Å²) >= 11 is 0. The third kappa shape index (κ3) is 3.06. The number of hydrogen-bond donors (Lipinski definition) is 1. The topological polar surface area (TPSA) is 96.1 Å². The average molecular weight is 368 g/mol. The van der Waals surface area contributed by atoms with Gasteiger partial charge in [-0.05, 0) is 32.0 Å². The standard InChI is InChI=1S/C18H20N6O3/c1-11(2)24-17(19-10-20-24)14-9-23-6-7-27-15-8-12(18(25)22-26-3)4-5-13(15)16(23)21-14/h4-5,8-11H,6-7H2,1-3H3,(H,22,25). The summed E-state index contributed by atoms with van der Waals surface area (Å²) in [5.74, 6) is 1.78. The van der Waals surface area contributed by atoms with Gasteiger partial charge in [0.05, 0.1) is 19.2 Å². The first-order chi connectivity index (χ1) is 13.1. The Kier molecular flexibility index (Phi) is 4.36. The molecule has 3 aromatic rings. The lowest BCUT2D eigenvalue weighted by Crippen LogP contribution is -2.21. The minimum Gasteiger partial charge on any atom is -0.491 e. The first-order valence-electron chi connectivity index (χ1n) is 8.66. The van der Waals surface area contributed by atoms with Crippen molar-refractivity contribution in [1.82, 2.24) is 29.8 Å². The lowest BCUT2D eigenvalue weighted by Gasteiger charge is -2.09. The van der Waals surface area contributed by atoms with E-state index in [1.165, 1.54) is 13.4 Å². The minimum atomic E-state index is -0.331. The number of carbonyl (C=O) groups is 1. The van der Waals surface area contributed by atoms with Crippen molar-refractivity contribution in [3.8, 4) is 28.7 Å². The molecule has 1 N–H and O–H groups in total. The number of hydroxylamine groups is 1. The quantitative estimate of drug-likeness (QED) is 0.708. The molecule has 0 fully saturated rings. The Bertz CT molecular complexity index is 991. The molecule has 3 heterocycles. The number of benzene rings is 1. The summed E-state index contributed by atoms with van der Waals surface area (Å²) in [6.45, 7) is 5.22. The van der Waals surface area contributed by atoms with Crippen LogP contribution in [0.2, 0.25) is 0 Å². The van der Waals surface area contributed by atoms with E-state index in [2.05, 4.69) is 34.2 Å². The van der Waals surface area contributed by atoms with Crippen LogP contribution in [0.1, 0.15) is 30.2 Å². The van der Waals surface area contributed by atoms with Crippen LogP contribution in [0.15, 0.2) is 30.7 Å². The van der Waals surface area contributed by atoms with Crippen LogP contribution in [-0.2, 0) is 11.4 Å². The molecule has 0 unspecified atom stereocenters. The zero-order valence-electron chi connectivity index (χ0n) is 15.3. The number of ether oxygens (including phenoxy) is 1. The van der Waals surface area contributed by atoms with Gasteiger partial charge in [0.15, 0.2) is 5.82 Å². The lowest BCUT2D eigenvalue weighted by molar-refractivity contribution is 0.0537. The third-order valence-electron chi connectivity index (χ3n) is 4.34. The van der Waals surface area contributed by atoms with Crippen molar-refractivity contribution < 1.29 is 14.4 Å². The molecule has 0 saturated carbocycles. The summed E-state index contributed by atoms with van der Waals surface area (Å²) in [6, 6.07) is 5.43. The molecule has 0 saturated heterocycles. The summed E-state index contributed by atoms with van der Waals surface area (Å²) in [6.07, 6.45) is 3.50. The smallest absolute Gasteiger partial charge is 0.274 e. The van der Waals surface area contributed by atoms with Crippen LogP contribution in [0.5, 0.6) is 5.75 Å². The molecule has 9 nitrogen and oxygen atoms in total. The van der Waals surface area contributed by atoms with Gasteiger partial charge in [-0.3, -0.25) is 9.63 Å². The summed E-state index contributed by atoms with van der Waals surface area (Å²) in [4.78, 5) is 25.8. The molecule has 0 bridgehead atoms. The molecule has 0 spiro atoms. The molecule has 140 valence electrons. The van der Waals surface area contributed by atoms with Crippen molar-refractivity contribution in [2.24, 2.45) is 0 Å². The number of imidazole rings is 1. The van der Waals surface area contributed by atoms with Gasteiger partial charge in [-0.15, -0.1) is 0 Å². The molecule has 9 heteroatoms. The number of rotatable bonds is 4. The van der Waals surface area contributed by atoms with Gasteiger partial charge in [-0.1, -0.05) is 0 Å². The fraction of sp³-hybridized carbons (Fsp3) is 0.333.